The molecular formula is C23H21N5O. The molecule has 0 aliphatic rings. The van der Waals surface area contributed by atoms with Gasteiger partial charge in [-0.1, -0.05) is 18.2 Å². The van der Waals surface area contributed by atoms with Gasteiger partial charge in [0.2, 0.25) is 0 Å². The van der Waals surface area contributed by atoms with Crippen LogP contribution in [0, 0.1) is 6.92 Å². The quantitative estimate of drug-likeness (QED) is 0.480. The minimum absolute atomic E-state index is 0.108. The van der Waals surface area contributed by atoms with Crippen molar-refractivity contribution >= 4 is 34.0 Å². The summed E-state index contributed by atoms with van der Waals surface area (Å²) in [6.45, 7) is 2.48. The molecule has 2 aromatic carbocycles. The lowest BCUT2D eigenvalue weighted by molar-refractivity contribution is 0.0951. The van der Waals surface area contributed by atoms with Gasteiger partial charge in [0, 0.05) is 29.4 Å². The number of hydrogen-bond donors (Lipinski definition) is 3. The fourth-order valence-electron chi connectivity index (χ4n) is 3.11. The molecule has 0 unspecified atom stereocenters. The summed E-state index contributed by atoms with van der Waals surface area (Å²) in [5.74, 6) is 0.379. The van der Waals surface area contributed by atoms with E-state index in [-0.39, 0.29) is 5.91 Å². The second-order valence-electron chi connectivity index (χ2n) is 6.84. The van der Waals surface area contributed by atoms with Crippen LogP contribution in [-0.2, 0) is 6.54 Å². The van der Waals surface area contributed by atoms with E-state index in [0.29, 0.717) is 17.9 Å². The third kappa shape index (κ3) is 4.32. The molecule has 0 spiro atoms. The van der Waals surface area contributed by atoms with E-state index in [2.05, 4.69) is 26.7 Å². The number of rotatable bonds is 5. The smallest absolute Gasteiger partial charge is 0.251 e. The maximum atomic E-state index is 12.5. The number of nitrogens with zero attached hydrogens (tertiary/aromatic N) is 2. The van der Waals surface area contributed by atoms with Gasteiger partial charge in [-0.2, -0.15) is 0 Å². The van der Waals surface area contributed by atoms with Crippen LogP contribution in [0.2, 0.25) is 0 Å². The largest absolute Gasteiger partial charge is 0.384 e. The van der Waals surface area contributed by atoms with Crippen LogP contribution in [0.3, 0.4) is 0 Å². The number of pyridine rings is 2. The van der Waals surface area contributed by atoms with E-state index in [1.54, 1.807) is 24.5 Å². The molecule has 0 saturated heterocycles. The Bertz CT molecular complexity index is 1170. The monoisotopic (exact) mass is 383 g/mol. The number of nitrogens with two attached hydrogens (primary N) is 1. The minimum Gasteiger partial charge on any atom is -0.384 e. The Labute approximate surface area is 168 Å². The first-order valence-corrected chi connectivity index (χ1v) is 9.29. The summed E-state index contributed by atoms with van der Waals surface area (Å²) in [6.07, 6.45) is 3.44. The highest BCUT2D eigenvalue weighted by Crippen LogP contribution is 2.22. The maximum Gasteiger partial charge on any atom is 0.251 e. The Kier molecular flexibility index (Phi) is 5.07. The maximum absolute atomic E-state index is 12.5. The first-order valence-electron chi connectivity index (χ1n) is 9.29. The van der Waals surface area contributed by atoms with E-state index in [0.717, 1.165) is 33.4 Å². The number of aromatic nitrogens is 2. The number of amides is 1. The van der Waals surface area contributed by atoms with Crippen molar-refractivity contribution < 1.29 is 4.79 Å². The number of anilines is 3. The van der Waals surface area contributed by atoms with Gasteiger partial charge < -0.3 is 16.4 Å². The molecule has 4 aromatic rings. The molecule has 144 valence electrons. The van der Waals surface area contributed by atoms with Crippen molar-refractivity contribution in [2.75, 3.05) is 11.1 Å². The number of hydrogen-bond acceptors (Lipinski definition) is 5. The molecule has 0 aliphatic heterocycles. The topological polar surface area (TPSA) is 92.9 Å². The molecule has 0 atom stereocenters. The van der Waals surface area contributed by atoms with Crippen LogP contribution in [0.1, 0.15) is 21.5 Å². The lowest BCUT2D eigenvalue weighted by Crippen LogP contribution is -2.22. The molecule has 29 heavy (non-hydrogen) atoms. The third-order valence-corrected chi connectivity index (χ3v) is 4.67. The summed E-state index contributed by atoms with van der Waals surface area (Å²) in [5, 5.41) is 7.25. The van der Waals surface area contributed by atoms with Crippen LogP contribution >= 0.6 is 0 Å². The van der Waals surface area contributed by atoms with E-state index < -0.39 is 0 Å². The summed E-state index contributed by atoms with van der Waals surface area (Å²) in [6, 6.07) is 19.0. The van der Waals surface area contributed by atoms with Crippen LogP contribution in [0.4, 0.5) is 17.2 Å². The number of nitrogen functional groups attached to an aromatic ring is 1. The van der Waals surface area contributed by atoms with Crippen LogP contribution in [-0.4, -0.2) is 15.9 Å². The summed E-state index contributed by atoms with van der Waals surface area (Å²) in [5.41, 5.74) is 11.1. The number of carbonyl (C=O) groups excluding carboxylic acids is 1. The van der Waals surface area contributed by atoms with E-state index in [4.69, 9.17) is 5.73 Å². The van der Waals surface area contributed by atoms with Crippen LogP contribution in [0.5, 0.6) is 0 Å². The Morgan fingerprint density at radius 1 is 1.03 bits per heavy atom. The number of nitrogens with one attached hydrogen (secondary N) is 2. The molecule has 1 amide bonds. The summed E-state index contributed by atoms with van der Waals surface area (Å²) >= 11 is 0. The lowest BCUT2D eigenvalue weighted by Gasteiger charge is -2.12. The van der Waals surface area contributed by atoms with E-state index in [9.17, 15) is 4.79 Å². The van der Waals surface area contributed by atoms with Gasteiger partial charge in [0.25, 0.3) is 5.91 Å². The highest BCUT2D eigenvalue weighted by Gasteiger charge is 2.08. The van der Waals surface area contributed by atoms with Crippen molar-refractivity contribution in [1.82, 2.24) is 15.3 Å². The zero-order valence-corrected chi connectivity index (χ0v) is 16.0. The van der Waals surface area contributed by atoms with Crippen molar-refractivity contribution in [2.24, 2.45) is 0 Å². The van der Waals surface area contributed by atoms with Gasteiger partial charge in [-0.3, -0.25) is 9.78 Å². The number of benzene rings is 2. The highest BCUT2D eigenvalue weighted by atomic mass is 16.1. The van der Waals surface area contributed by atoms with Gasteiger partial charge in [0.15, 0.2) is 0 Å². The normalized spacial score (nSPS) is 10.7. The molecule has 6 heteroatoms. The summed E-state index contributed by atoms with van der Waals surface area (Å²) in [4.78, 5) is 20.9. The average molecular weight is 383 g/mol. The molecule has 2 heterocycles. The van der Waals surface area contributed by atoms with Gasteiger partial charge >= 0.3 is 0 Å². The van der Waals surface area contributed by atoms with Crippen molar-refractivity contribution in [1.29, 1.82) is 0 Å². The van der Waals surface area contributed by atoms with E-state index in [1.807, 2.05) is 49.4 Å². The van der Waals surface area contributed by atoms with Crippen LogP contribution in [0.15, 0.2) is 73.1 Å². The summed E-state index contributed by atoms with van der Waals surface area (Å²) < 4.78 is 0. The second-order valence-corrected chi connectivity index (χ2v) is 6.84. The Morgan fingerprint density at radius 3 is 2.72 bits per heavy atom. The van der Waals surface area contributed by atoms with Gasteiger partial charge in [-0.05, 0) is 60.5 Å². The Morgan fingerprint density at radius 2 is 1.93 bits per heavy atom. The van der Waals surface area contributed by atoms with E-state index >= 15 is 0 Å². The molecule has 2 aromatic heterocycles. The highest BCUT2D eigenvalue weighted by molar-refractivity contribution is 5.97. The van der Waals surface area contributed by atoms with E-state index in [1.165, 1.54) is 0 Å². The lowest BCUT2D eigenvalue weighted by atomic mass is 10.1. The van der Waals surface area contributed by atoms with Crippen molar-refractivity contribution in [3.8, 4) is 0 Å². The standard InChI is InChI=1S/C23H21N5O/c1-15-11-16(4-7-20(15)28-19-6-9-22(24)26-14-19)13-27-23(29)18-5-8-21-17(12-18)3-2-10-25-21/h2-12,14,28H,13H2,1H3,(H2,24,26)(H,27,29). The average Bonchev–Trinajstić information content (AvgIpc) is 2.75. The van der Waals surface area contributed by atoms with Crippen LogP contribution in [0.25, 0.3) is 10.9 Å². The molecule has 0 saturated carbocycles. The first kappa shape index (κ1) is 18.4. The molecule has 0 fully saturated rings. The fourth-order valence-corrected chi connectivity index (χ4v) is 3.11. The van der Waals surface area contributed by atoms with Gasteiger partial charge in [-0.15, -0.1) is 0 Å². The van der Waals surface area contributed by atoms with Crippen molar-refractivity contribution in [3.05, 3.63) is 89.7 Å². The van der Waals surface area contributed by atoms with Gasteiger partial charge in [0.05, 0.1) is 17.4 Å². The SMILES string of the molecule is Cc1cc(CNC(=O)c2ccc3ncccc3c2)ccc1Nc1ccc(N)nc1. The molecule has 4 N–H and O–H groups in total. The predicted octanol–water partition coefficient (Wildman–Crippen LogP) is 4.19. The zero-order chi connectivity index (χ0) is 20.2. The van der Waals surface area contributed by atoms with Gasteiger partial charge in [-0.25, -0.2) is 4.98 Å². The third-order valence-electron chi connectivity index (χ3n) is 4.67. The predicted molar refractivity (Wildman–Crippen MR) is 116 cm³/mol. The van der Waals surface area contributed by atoms with Crippen molar-refractivity contribution in [2.45, 2.75) is 13.5 Å². The zero-order valence-electron chi connectivity index (χ0n) is 16.0. The molecule has 0 bridgehead atoms. The molecule has 0 aliphatic carbocycles. The van der Waals surface area contributed by atoms with Crippen molar-refractivity contribution in [3.63, 3.8) is 0 Å². The minimum atomic E-state index is -0.108. The second kappa shape index (κ2) is 7.98. The Hall–Kier alpha value is -3.93. The number of fused-ring (bicyclic) bond motifs is 1. The number of carbonyl (C=O) groups is 1. The van der Waals surface area contributed by atoms with Gasteiger partial charge in [0.1, 0.15) is 5.82 Å². The molecular weight excluding hydrogens is 362 g/mol. The number of aryl methyl sites for hydroxylation is 1. The Balaban J connectivity index is 1.41. The summed E-state index contributed by atoms with van der Waals surface area (Å²) in [7, 11) is 0. The van der Waals surface area contributed by atoms with Crippen LogP contribution < -0.4 is 16.4 Å². The molecule has 4 rings (SSSR count). The molecule has 0 radical (unpaired) electrons. The fraction of sp³-hybridized carbons (Fsp3) is 0.0870. The molecule has 6 nitrogen and oxygen atoms in total. The first-order chi connectivity index (χ1) is 14.1.